The zero-order valence-electron chi connectivity index (χ0n) is 20.0. The first-order valence-electron chi connectivity index (χ1n) is 11.8. The van der Waals surface area contributed by atoms with E-state index in [1.807, 2.05) is 42.5 Å². The number of benzene rings is 3. The van der Waals surface area contributed by atoms with Crippen LogP contribution in [0.15, 0.2) is 60.7 Å². The summed E-state index contributed by atoms with van der Waals surface area (Å²) < 4.78 is 6.14. The van der Waals surface area contributed by atoms with Crippen LogP contribution in [0, 0.1) is 6.92 Å². The minimum absolute atomic E-state index is 0.204. The van der Waals surface area contributed by atoms with Crippen molar-refractivity contribution < 1.29 is 4.74 Å². The highest BCUT2D eigenvalue weighted by atomic mass is 35.5. The van der Waals surface area contributed by atoms with E-state index >= 15 is 0 Å². The van der Waals surface area contributed by atoms with Crippen LogP contribution in [0.1, 0.15) is 49.2 Å². The molecule has 0 aliphatic rings. The van der Waals surface area contributed by atoms with Gasteiger partial charge in [-0.1, -0.05) is 55.8 Å². The van der Waals surface area contributed by atoms with Gasteiger partial charge < -0.3 is 9.72 Å². The lowest BCUT2D eigenvalue weighted by molar-refractivity contribution is 0.305. The predicted octanol–water partition coefficient (Wildman–Crippen LogP) is 6.39. The Hall–Kier alpha value is -3.71. The molecule has 0 saturated heterocycles. The van der Waals surface area contributed by atoms with E-state index in [1.165, 1.54) is 11.1 Å². The van der Waals surface area contributed by atoms with Crippen molar-refractivity contribution in [2.45, 2.75) is 45.6 Å². The van der Waals surface area contributed by atoms with Gasteiger partial charge in [0.15, 0.2) is 0 Å². The topological polar surface area (TPSA) is 92.4 Å². The van der Waals surface area contributed by atoms with Gasteiger partial charge >= 0.3 is 0 Å². The predicted molar refractivity (Wildman–Crippen MR) is 138 cm³/mol. The Balaban J connectivity index is 1.42. The second kappa shape index (κ2) is 9.50. The van der Waals surface area contributed by atoms with Gasteiger partial charge in [-0.25, -0.2) is 4.98 Å². The number of hydrogen-bond donors (Lipinski definition) is 2. The number of fused-ring (bicyclic) bond motifs is 1. The highest BCUT2D eigenvalue weighted by Gasteiger charge is 2.35. The van der Waals surface area contributed by atoms with Crippen molar-refractivity contribution in [3.05, 3.63) is 88.2 Å². The van der Waals surface area contributed by atoms with Crippen LogP contribution in [-0.2, 0) is 12.0 Å². The van der Waals surface area contributed by atoms with Crippen LogP contribution in [-0.4, -0.2) is 30.6 Å². The molecular formula is C27H27ClN6O. The van der Waals surface area contributed by atoms with Crippen LogP contribution < -0.4 is 4.74 Å². The van der Waals surface area contributed by atoms with Crippen molar-refractivity contribution in [1.82, 2.24) is 30.6 Å². The van der Waals surface area contributed by atoms with E-state index in [0.29, 0.717) is 17.5 Å². The quantitative estimate of drug-likeness (QED) is 0.265. The Labute approximate surface area is 208 Å². The lowest BCUT2D eigenvalue weighted by Crippen LogP contribution is -2.28. The first kappa shape index (κ1) is 23.1. The van der Waals surface area contributed by atoms with Gasteiger partial charge in [0.1, 0.15) is 18.2 Å². The number of ether oxygens (including phenoxy) is 1. The van der Waals surface area contributed by atoms with Crippen molar-refractivity contribution in [3.8, 4) is 17.1 Å². The Morgan fingerprint density at radius 3 is 2.54 bits per heavy atom. The van der Waals surface area contributed by atoms with Crippen molar-refractivity contribution in [1.29, 1.82) is 0 Å². The zero-order valence-corrected chi connectivity index (χ0v) is 20.7. The minimum Gasteiger partial charge on any atom is -0.489 e. The number of hydrogen-bond acceptors (Lipinski definition) is 5. The van der Waals surface area contributed by atoms with Crippen LogP contribution >= 0.6 is 11.6 Å². The largest absolute Gasteiger partial charge is 0.489 e. The molecule has 0 fully saturated rings. The molecule has 0 aliphatic heterocycles. The van der Waals surface area contributed by atoms with Gasteiger partial charge in [-0.05, 0) is 66.4 Å². The van der Waals surface area contributed by atoms with Gasteiger partial charge in [0.05, 0.1) is 21.5 Å². The fourth-order valence-electron chi connectivity index (χ4n) is 4.84. The minimum atomic E-state index is -0.204. The van der Waals surface area contributed by atoms with Crippen molar-refractivity contribution in [2.75, 3.05) is 0 Å². The maximum absolute atomic E-state index is 6.61. The molecule has 0 radical (unpaired) electrons. The molecule has 35 heavy (non-hydrogen) atoms. The molecule has 0 spiro atoms. The van der Waals surface area contributed by atoms with Gasteiger partial charge in [-0.15, -0.1) is 10.2 Å². The summed E-state index contributed by atoms with van der Waals surface area (Å²) in [5.74, 6) is 2.25. The summed E-state index contributed by atoms with van der Waals surface area (Å²) in [5, 5.41) is 14.7. The number of tetrazole rings is 1. The van der Waals surface area contributed by atoms with Crippen LogP contribution in [0.2, 0.25) is 5.02 Å². The third-order valence-electron chi connectivity index (χ3n) is 6.82. The van der Waals surface area contributed by atoms with Crippen molar-refractivity contribution in [3.63, 3.8) is 0 Å². The molecule has 0 atom stereocenters. The second-order valence-corrected chi connectivity index (χ2v) is 9.05. The molecule has 178 valence electrons. The van der Waals surface area contributed by atoms with Crippen molar-refractivity contribution in [2.24, 2.45) is 0 Å². The summed E-state index contributed by atoms with van der Waals surface area (Å²) in [6.07, 6.45) is 1.87. The molecule has 5 aromatic rings. The van der Waals surface area contributed by atoms with Crippen LogP contribution in [0.3, 0.4) is 0 Å². The molecule has 0 bridgehead atoms. The molecule has 5 rings (SSSR count). The molecule has 2 heterocycles. The average Bonchev–Trinajstić information content (AvgIpc) is 3.56. The average molecular weight is 487 g/mol. The van der Waals surface area contributed by atoms with Gasteiger partial charge in [0.2, 0.25) is 5.82 Å². The van der Waals surface area contributed by atoms with Gasteiger partial charge in [-0.3, -0.25) is 0 Å². The van der Waals surface area contributed by atoms with Crippen molar-refractivity contribution >= 4 is 22.6 Å². The molecule has 2 aromatic heterocycles. The number of imidazole rings is 1. The summed E-state index contributed by atoms with van der Waals surface area (Å²) in [4.78, 5) is 8.54. The number of aromatic nitrogens is 6. The molecule has 2 N–H and O–H groups in total. The van der Waals surface area contributed by atoms with E-state index in [9.17, 15) is 0 Å². The second-order valence-electron chi connectivity index (χ2n) is 8.67. The zero-order chi connectivity index (χ0) is 24.4. The number of aromatic amines is 2. The first-order chi connectivity index (χ1) is 17.1. The lowest BCUT2D eigenvalue weighted by atomic mass is 9.73. The van der Waals surface area contributed by atoms with Gasteiger partial charge in [0.25, 0.3) is 0 Å². The summed E-state index contributed by atoms with van der Waals surface area (Å²) in [5.41, 5.74) is 5.84. The van der Waals surface area contributed by atoms with Gasteiger partial charge in [0, 0.05) is 11.1 Å². The lowest BCUT2D eigenvalue weighted by Gasteiger charge is -2.32. The maximum Gasteiger partial charge on any atom is 0.206 e. The summed E-state index contributed by atoms with van der Waals surface area (Å²) >= 11 is 6.61. The van der Waals surface area contributed by atoms with E-state index in [-0.39, 0.29) is 5.41 Å². The molecule has 3 aromatic carbocycles. The summed E-state index contributed by atoms with van der Waals surface area (Å²) in [7, 11) is 0. The van der Waals surface area contributed by atoms with E-state index in [4.69, 9.17) is 21.3 Å². The van der Waals surface area contributed by atoms with E-state index in [1.54, 1.807) is 0 Å². The SMILES string of the molecule is CCC(CC)(c1nc2ccccc2[nH]1)c1ccc(OCc2cccc(-c3nn[nH]n3)c2Cl)cc1C. The van der Waals surface area contributed by atoms with Crippen LogP contribution in [0.5, 0.6) is 5.75 Å². The highest BCUT2D eigenvalue weighted by Crippen LogP contribution is 2.40. The standard InChI is InChI=1S/C27H27ClN6O/c1-4-27(5-2,26-29-22-11-6-7-12-23(22)30-26)21-14-13-19(15-17(21)3)35-16-18-9-8-10-20(24(18)28)25-31-33-34-32-25/h6-15H,4-5,16H2,1-3H3,(H,29,30)(H,31,32,33,34). The highest BCUT2D eigenvalue weighted by molar-refractivity contribution is 6.34. The summed E-state index contributed by atoms with van der Waals surface area (Å²) in [6.45, 7) is 6.91. The molecule has 8 heteroatoms. The molecular weight excluding hydrogens is 460 g/mol. The molecule has 0 unspecified atom stereocenters. The fraction of sp³-hybridized carbons (Fsp3) is 0.259. The fourth-order valence-corrected chi connectivity index (χ4v) is 5.10. The third kappa shape index (κ3) is 4.17. The summed E-state index contributed by atoms with van der Waals surface area (Å²) in [6, 6.07) is 20.2. The molecule has 0 amide bonds. The van der Waals surface area contributed by atoms with Crippen LogP contribution in [0.4, 0.5) is 0 Å². The number of nitrogens with one attached hydrogen (secondary N) is 2. The molecule has 0 saturated carbocycles. The number of nitrogens with zero attached hydrogens (tertiary/aromatic N) is 4. The van der Waals surface area contributed by atoms with E-state index < -0.39 is 0 Å². The molecule has 7 nitrogen and oxygen atoms in total. The number of rotatable bonds is 8. The monoisotopic (exact) mass is 486 g/mol. The first-order valence-corrected chi connectivity index (χ1v) is 12.1. The normalized spacial score (nSPS) is 11.8. The Morgan fingerprint density at radius 2 is 1.83 bits per heavy atom. The number of H-pyrrole nitrogens is 2. The Morgan fingerprint density at radius 1 is 1.00 bits per heavy atom. The smallest absolute Gasteiger partial charge is 0.206 e. The third-order valence-corrected chi connectivity index (χ3v) is 7.27. The number of halogens is 1. The van der Waals surface area contributed by atoms with E-state index in [2.05, 4.69) is 64.6 Å². The Bertz CT molecular complexity index is 1420. The maximum atomic E-state index is 6.61. The Kier molecular flexibility index (Phi) is 6.26. The van der Waals surface area contributed by atoms with Gasteiger partial charge in [-0.2, -0.15) is 5.21 Å². The van der Waals surface area contributed by atoms with E-state index in [0.717, 1.165) is 46.6 Å². The van der Waals surface area contributed by atoms with Crippen LogP contribution in [0.25, 0.3) is 22.4 Å². The number of aryl methyl sites for hydroxylation is 1. The molecule has 0 aliphatic carbocycles. The number of para-hydroxylation sites is 2.